The predicted molar refractivity (Wildman–Crippen MR) is 45.2 cm³/mol. The molecule has 0 radical (unpaired) electrons. The van der Waals surface area contributed by atoms with Gasteiger partial charge >= 0.3 is 0 Å². The topological polar surface area (TPSA) is 29.5 Å². The van der Waals surface area contributed by atoms with Gasteiger partial charge in [-0.15, -0.1) is 0 Å². The van der Waals surface area contributed by atoms with Gasteiger partial charge in [-0.3, -0.25) is 0 Å². The highest BCUT2D eigenvalue weighted by Crippen LogP contribution is 2.10. The van der Waals surface area contributed by atoms with Crippen LogP contribution in [-0.2, 0) is 3.07 Å². The van der Waals surface area contributed by atoms with Crippen LogP contribution in [0.1, 0.15) is 13.8 Å². The van der Waals surface area contributed by atoms with Crippen molar-refractivity contribution >= 4 is 23.0 Å². The summed E-state index contributed by atoms with van der Waals surface area (Å²) < 4.78 is 4.76. The Morgan fingerprint density at radius 2 is 2.00 bits per heavy atom. The summed E-state index contributed by atoms with van der Waals surface area (Å²) >= 11 is 1.72. The van der Waals surface area contributed by atoms with Crippen LogP contribution in [0.25, 0.3) is 0 Å². The first kappa shape index (κ1) is 8.81. The minimum absolute atomic E-state index is 0.173. The second-order valence-electron chi connectivity index (χ2n) is 1.40. The van der Waals surface area contributed by atoms with Gasteiger partial charge in [-0.25, -0.2) is 0 Å². The molecule has 0 aliphatic rings. The minimum atomic E-state index is 0.173. The fourth-order valence-electron chi connectivity index (χ4n) is 0.374. The lowest BCUT2D eigenvalue weighted by atomic mass is 10.4. The Kier molecular flexibility index (Phi) is 4.57. The molecule has 0 aliphatic heterocycles. The fourth-order valence-corrected chi connectivity index (χ4v) is 0.854. The van der Waals surface area contributed by atoms with E-state index in [0.717, 1.165) is 0 Å². The highest BCUT2D eigenvalue weighted by Gasteiger charge is 1.97. The molecule has 0 aromatic carbocycles. The zero-order valence-electron chi connectivity index (χ0n) is 5.39. The maximum absolute atomic E-state index is 8.98. The molecule has 0 atom stereocenters. The molecule has 0 rings (SSSR count). The zero-order valence-corrected chi connectivity index (χ0v) is 7.55. The molecular formula is C6H9IO2. The number of rotatable bonds is 2. The van der Waals surface area contributed by atoms with Gasteiger partial charge in [0.1, 0.15) is 0 Å². The molecule has 0 fully saturated rings. The van der Waals surface area contributed by atoms with Crippen molar-refractivity contribution in [3.63, 3.8) is 0 Å². The van der Waals surface area contributed by atoms with Crippen molar-refractivity contribution in [3.05, 3.63) is 23.7 Å². The standard InChI is InChI=1S/C6H9IO2/c1-3-5(8)6(4-2)9-7/h3-4,8H,1-2H3/b5-3+,6-4+. The van der Waals surface area contributed by atoms with Crippen LogP contribution in [0.15, 0.2) is 23.7 Å². The van der Waals surface area contributed by atoms with E-state index < -0.39 is 0 Å². The molecule has 0 heterocycles. The van der Waals surface area contributed by atoms with E-state index in [0.29, 0.717) is 5.76 Å². The molecule has 0 spiro atoms. The van der Waals surface area contributed by atoms with E-state index in [1.54, 1.807) is 49.0 Å². The third kappa shape index (κ3) is 2.74. The van der Waals surface area contributed by atoms with Crippen molar-refractivity contribution in [1.82, 2.24) is 0 Å². The van der Waals surface area contributed by atoms with Gasteiger partial charge in [0.05, 0.1) is 0 Å². The van der Waals surface area contributed by atoms with Crippen LogP contribution >= 0.6 is 23.0 Å². The van der Waals surface area contributed by atoms with E-state index in [1.807, 2.05) is 0 Å². The SMILES string of the molecule is C/C=C(O)\C(=C/C)OI. The van der Waals surface area contributed by atoms with Crippen LogP contribution in [0.3, 0.4) is 0 Å². The summed E-state index contributed by atoms with van der Waals surface area (Å²) in [5.41, 5.74) is 0. The Hall–Kier alpha value is -0.190. The van der Waals surface area contributed by atoms with Crippen molar-refractivity contribution in [1.29, 1.82) is 0 Å². The molecule has 2 nitrogen and oxygen atoms in total. The third-order valence-corrected chi connectivity index (χ3v) is 1.35. The molecule has 0 aromatic rings. The van der Waals surface area contributed by atoms with Crippen molar-refractivity contribution in [3.8, 4) is 0 Å². The van der Waals surface area contributed by atoms with Crippen LogP contribution in [0, 0.1) is 0 Å². The molecule has 9 heavy (non-hydrogen) atoms. The average molecular weight is 240 g/mol. The molecule has 0 saturated heterocycles. The molecule has 52 valence electrons. The first-order valence-corrected chi connectivity index (χ1v) is 3.44. The van der Waals surface area contributed by atoms with Crippen molar-refractivity contribution in [2.24, 2.45) is 0 Å². The Morgan fingerprint density at radius 1 is 1.44 bits per heavy atom. The van der Waals surface area contributed by atoms with Gasteiger partial charge < -0.3 is 8.17 Å². The summed E-state index contributed by atoms with van der Waals surface area (Å²) in [5, 5.41) is 8.98. The number of hydrogen-bond donors (Lipinski definition) is 1. The van der Waals surface area contributed by atoms with E-state index in [-0.39, 0.29) is 5.76 Å². The smallest absolute Gasteiger partial charge is 0.192 e. The van der Waals surface area contributed by atoms with Crippen LogP contribution in [0.5, 0.6) is 0 Å². The summed E-state index contributed by atoms with van der Waals surface area (Å²) in [5.74, 6) is 0.671. The van der Waals surface area contributed by atoms with Gasteiger partial charge in [-0.2, -0.15) is 0 Å². The first-order chi connectivity index (χ1) is 4.26. The van der Waals surface area contributed by atoms with Crippen LogP contribution in [0.4, 0.5) is 0 Å². The highest BCUT2D eigenvalue weighted by molar-refractivity contribution is 14.1. The van der Waals surface area contributed by atoms with Crippen molar-refractivity contribution in [2.75, 3.05) is 0 Å². The maximum Gasteiger partial charge on any atom is 0.192 e. The van der Waals surface area contributed by atoms with Gasteiger partial charge in [0.15, 0.2) is 34.5 Å². The molecule has 1 N–H and O–H groups in total. The second-order valence-corrected chi connectivity index (χ2v) is 1.84. The largest absolute Gasteiger partial charge is 0.504 e. The summed E-state index contributed by atoms with van der Waals surface area (Å²) in [6.45, 7) is 3.54. The van der Waals surface area contributed by atoms with E-state index in [2.05, 4.69) is 0 Å². The summed E-state index contributed by atoms with van der Waals surface area (Å²) in [6.07, 6.45) is 3.27. The Balaban J connectivity index is 4.14. The van der Waals surface area contributed by atoms with Gasteiger partial charge in [0, 0.05) is 0 Å². The molecule has 0 aromatic heterocycles. The lowest BCUT2D eigenvalue weighted by molar-refractivity contribution is 0.375. The lowest BCUT2D eigenvalue weighted by Crippen LogP contribution is -1.85. The zero-order chi connectivity index (χ0) is 7.28. The molecule has 0 amide bonds. The van der Waals surface area contributed by atoms with E-state index in [9.17, 15) is 0 Å². The van der Waals surface area contributed by atoms with E-state index in [4.69, 9.17) is 8.17 Å². The lowest BCUT2D eigenvalue weighted by Gasteiger charge is -1.98. The minimum Gasteiger partial charge on any atom is -0.504 e. The van der Waals surface area contributed by atoms with Crippen LogP contribution in [0.2, 0.25) is 0 Å². The summed E-state index contributed by atoms with van der Waals surface area (Å²) in [7, 11) is 0. The Labute approximate surface area is 68.9 Å². The second kappa shape index (κ2) is 4.67. The quantitative estimate of drug-likeness (QED) is 0.456. The van der Waals surface area contributed by atoms with Crippen molar-refractivity contribution in [2.45, 2.75) is 13.8 Å². The van der Waals surface area contributed by atoms with Gasteiger partial charge in [-0.05, 0) is 26.0 Å². The molecule has 0 unspecified atom stereocenters. The third-order valence-electron chi connectivity index (χ3n) is 0.871. The summed E-state index contributed by atoms with van der Waals surface area (Å²) in [6, 6.07) is 0. The van der Waals surface area contributed by atoms with Crippen LogP contribution in [-0.4, -0.2) is 5.11 Å². The molecule has 3 heteroatoms. The summed E-state index contributed by atoms with van der Waals surface area (Å²) in [4.78, 5) is 0. The van der Waals surface area contributed by atoms with Gasteiger partial charge in [0.25, 0.3) is 0 Å². The number of allylic oxidation sites excluding steroid dienone is 2. The van der Waals surface area contributed by atoms with E-state index >= 15 is 0 Å². The average Bonchev–Trinajstić information content (AvgIpc) is 1.90. The van der Waals surface area contributed by atoms with Crippen LogP contribution < -0.4 is 0 Å². The first-order valence-electron chi connectivity index (χ1n) is 2.56. The molecular weight excluding hydrogens is 231 g/mol. The van der Waals surface area contributed by atoms with Gasteiger partial charge in [-0.1, -0.05) is 0 Å². The highest BCUT2D eigenvalue weighted by atomic mass is 127. The molecule has 0 aliphatic carbocycles. The number of hydrogen-bond acceptors (Lipinski definition) is 2. The Morgan fingerprint density at radius 3 is 2.11 bits per heavy atom. The normalized spacial score (nSPS) is 13.7. The number of aliphatic hydroxyl groups excluding tert-OH is 1. The van der Waals surface area contributed by atoms with Crippen molar-refractivity contribution < 1.29 is 8.17 Å². The van der Waals surface area contributed by atoms with Gasteiger partial charge in [0.2, 0.25) is 0 Å². The Bertz CT molecular complexity index is 138. The maximum atomic E-state index is 8.98. The number of halogens is 1. The molecule has 0 bridgehead atoms. The predicted octanol–water partition coefficient (Wildman–Crippen LogP) is 2.72. The number of aliphatic hydroxyl groups is 1. The van der Waals surface area contributed by atoms with E-state index in [1.165, 1.54) is 0 Å². The fraction of sp³-hybridized carbons (Fsp3) is 0.333. The molecule has 0 saturated carbocycles. The monoisotopic (exact) mass is 240 g/mol.